The van der Waals surface area contributed by atoms with Crippen LogP contribution in [0.15, 0.2) is 55.4 Å². The zero-order chi connectivity index (χ0) is 19.7. The maximum atomic E-state index is 14.4. The number of carbonyl (C=O) groups excluding carboxylic acids is 1. The molecule has 28 heavy (non-hydrogen) atoms. The molecular formula is C22H20FN3O2. The van der Waals surface area contributed by atoms with Gasteiger partial charge in [-0.15, -0.1) is 0 Å². The summed E-state index contributed by atoms with van der Waals surface area (Å²) in [5, 5.41) is 0.823. The lowest BCUT2D eigenvalue weighted by molar-refractivity contribution is -0.125. The number of hydrogen-bond acceptors (Lipinski definition) is 4. The van der Waals surface area contributed by atoms with Gasteiger partial charge in [0.15, 0.2) is 0 Å². The van der Waals surface area contributed by atoms with E-state index >= 15 is 0 Å². The molecule has 1 atom stereocenters. The van der Waals surface area contributed by atoms with Crippen LogP contribution in [0, 0.1) is 5.82 Å². The van der Waals surface area contributed by atoms with E-state index in [1.54, 1.807) is 29.4 Å². The van der Waals surface area contributed by atoms with Gasteiger partial charge in [-0.1, -0.05) is 12.6 Å². The summed E-state index contributed by atoms with van der Waals surface area (Å²) in [5.41, 5.74) is 2.73. The van der Waals surface area contributed by atoms with Crippen LogP contribution in [0.1, 0.15) is 18.0 Å². The maximum Gasteiger partial charge on any atom is 0.245 e. The molecule has 0 saturated carbocycles. The highest BCUT2D eigenvalue weighted by Crippen LogP contribution is 2.34. The molecule has 1 aliphatic rings. The lowest BCUT2D eigenvalue weighted by atomic mass is 10.0. The molecule has 1 aromatic carbocycles. The Morgan fingerprint density at radius 1 is 1.32 bits per heavy atom. The van der Waals surface area contributed by atoms with E-state index in [4.69, 9.17) is 4.74 Å². The average Bonchev–Trinajstić information content (AvgIpc) is 3.22. The molecule has 1 saturated heterocycles. The quantitative estimate of drug-likeness (QED) is 0.646. The molecule has 3 heterocycles. The monoisotopic (exact) mass is 377 g/mol. The number of pyridine rings is 2. The van der Waals surface area contributed by atoms with Crippen LogP contribution in [-0.2, 0) is 4.79 Å². The molecule has 0 bridgehead atoms. The van der Waals surface area contributed by atoms with Crippen LogP contribution in [0.5, 0.6) is 5.75 Å². The number of ether oxygens (including phenoxy) is 1. The number of benzene rings is 1. The highest BCUT2D eigenvalue weighted by molar-refractivity contribution is 5.87. The molecule has 0 N–H and O–H groups in total. The highest BCUT2D eigenvalue weighted by atomic mass is 19.1. The van der Waals surface area contributed by atoms with E-state index < -0.39 is 0 Å². The summed E-state index contributed by atoms with van der Waals surface area (Å²) in [5.74, 6) is 0.234. The fourth-order valence-corrected chi connectivity index (χ4v) is 3.68. The van der Waals surface area contributed by atoms with Gasteiger partial charge in [-0.25, -0.2) is 4.39 Å². The van der Waals surface area contributed by atoms with Crippen molar-refractivity contribution in [2.75, 3.05) is 20.2 Å². The Hall–Kier alpha value is -3.28. The van der Waals surface area contributed by atoms with E-state index in [0.717, 1.165) is 23.0 Å². The Balaban J connectivity index is 1.66. The molecule has 0 spiro atoms. The van der Waals surface area contributed by atoms with Crippen molar-refractivity contribution in [1.82, 2.24) is 14.9 Å². The second-order valence-corrected chi connectivity index (χ2v) is 6.82. The number of hydrogen-bond donors (Lipinski definition) is 0. The van der Waals surface area contributed by atoms with E-state index in [9.17, 15) is 9.18 Å². The second-order valence-electron chi connectivity index (χ2n) is 6.82. The molecule has 1 fully saturated rings. The van der Waals surface area contributed by atoms with Crippen molar-refractivity contribution in [3.63, 3.8) is 0 Å². The summed E-state index contributed by atoms with van der Waals surface area (Å²) in [4.78, 5) is 22.7. The number of rotatable bonds is 4. The number of fused-ring (bicyclic) bond motifs is 1. The van der Waals surface area contributed by atoms with Gasteiger partial charge in [0.1, 0.15) is 11.6 Å². The molecular weight excluding hydrogens is 357 g/mol. The van der Waals surface area contributed by atoms with Gasteiger partial charge in [0.25, 0.3) is 0 Å². The van der Waals surface area contributed by atoms with Gasteiger partial charge in [0, 0.05) is 48.0 Å². The topological polar surface area (TPSA) is 55.3 Å². The highest BCUT2D eigenvalue weighted by Gasteiger charge is 2.27. The zero-order valence-electron chi connectivity index (χ0n) is 15.6. The Kier molecular flexibility index (Phi) is 4.77. The van der Waals surface area contributed by atoms with Crippen LogP contribution in [0.3, 0.4) is 0 Å². The lowest BCUT2D eigenvalue weighted by Crippen LogP contribution is -2.26. The van der Waals surface area contributed by atoms with Gasteiger partial charge in [0.2, 0.25) is 5.91 Å². The normalized spacial score (nSPS) is 16.4. The minimum atomic E-state index is -0.358. The fourth-order valence-electron chi connectivity index (χ4n) is 3.68. The van der Waals surface area contributed by atoms with Gasteiger partial charge in [-0.3, -0.25) is 14.8 Å². The number of likely N-dealkylation sites (tertiary alicyclic amines) is 1. The number of carbonyl (C=O) groups is 1. The number of aromatic nitrogens is 2. The van der Waals surface area contributed by atoms with Crippen LogP contribution in [0.4, 0.5) is 4.39 Å². The number of amides is 1. The molecule has 3 aromatic rings. The Morgan fingerprint density at radius 2 is 2.18 bits per heavy atom. The summed E-state index contributed by atoms with van der Waals surface area (Å²) in [7, 11) is 1.52. The van der Waals surface area contributed by atoms with Crippen LogP contribution in [-0.4, -0.2) is 41.0 Å². The predicted molar refractivity (Wildman–Crippen MR) is 106 cm³/mol. The van der Waals surface area contributed by atoms with Gasteiger partial charge in [-0.05, 0) is 36.8 Å². The molecule has 4 rings (SSSR count). The zero-order valence-corrected chi connectivity index (χ0v) is 15.6. The van der Waals surface area contributed by atoms with Crippen LogP contribution in [0.25, 0.3) is 22.0 Å². The standard InChI is InChI=1S/C22H20FN3O2/c1-3-21(27)26-8-7-14(13-26)18-10-19-15(11-24-18)9-16(12-25-19)22-17(23)5-4-6-20(22)28-2/h3-6,9-12,14H,1,7-8,13H2,2H3. The summed E-state index contributed by atoms with van der Waals surface area (Å²) >= 11 is 0. The SMILES string of the molecule is C=CC(=O)N1CCC(c2cc3ncc(-c4c(F)cccc4OC)cc3cn2)C1. The first-order valence-corrected chi connectivity index (χ1v) is 9.10. The van der Waals surface area contributed by atoms with Crippen LogP contribution in [0.2, 0.25) is 0 Å². The van der Waals surface area contributed by atoms with Crippen molar-refractivity contribution in [1.29, 1.82) is 0 Å². The summed E-state index contributed by atoms with van der Waals surface area (Å²) in [6, 6.07) is 8.55. The van der Waals surface area contributed by atoms with Gasteiger partial charge in [-0.2, -0.15) is 0 Å². The third-order valence-corrected chi connectivity index (χ3v) is 5.16. The molecule has 142 valence electrons. The third kappa shape index (κ3) is 3.22. The van der Waals surface area contributed by atoms with E-state index in [0.29, 0.717) is 30.0 Å². The van der Waals surface area contributed by atoms with E-state index in [-0.39, 0.29) is 17.6 Å². The Labute approximate surface area is 162 Å². The average molecular weight is 377 g/mol. The largest absolute Gasteiger partial charge is 0.496 e. The van der Waals surface area contributed by atoms with Crippen LogP contribution >= 0.6 is 0 Å². The minimum Gasteiger partial charge on any atom is -0.496 e. The molecule has 2 aromatic heterocycles. The molecule has 5 nitrogen and oxygen atoms in total. The van der Waals surface area contributed by atoms with Gasteiger partial charge < -0.3 is 9.64 Å². The fraction of sp³-hybridized carbons (Fsp3) is 0.227. The predicted octanol–water partition coefficient (Wildman–Crippen LogP) is 3.95. The molecule has 1 aliphatic heterocycles. The smallest absolute Gasteiger partial charge is 0.245 e. The summed E-state index contributed by atoms with van der Waals surface area (Å²) < 4.78 is 19.7. The van der Waals surface area contributed by atoms with Crippen LogP contribution < -0.4 is 4.74 Å². The lowest BCUT2D eigenvalue weighted by Gasteiger charge is -2.14. The van der Waals surface area contributed by atoms with E-state index in [2.05, 4.69) is 16.5 Å². The summed E-state index contributed by atoms with van der Waals surface area (Å²) in [6.07, 6.45) is 5.61. The van der Waals surface area contributed by atoms with E-state index in [1.807, 2.05) is 12.1 Å². The van der Waals surface area contributed by atoms with Gasteiger partial charge >= 0.3 is 0 Å². The molecule has 0 aliphatic carbocycles. The molecule has 0 radical (unpaired) electrons. The van der Waals surface area contributed by atoms with Crippen molar-refractivity contribution in [3.8, 4) is 16.9 Å². The molecule has 1 amide bonds. The van der Waals surface area contributed by atoms with Crippen molar-refractivity contribution in [3.05, 3.63) is 66.9 Å². The number of nitrogens with zero attached hydrogens (tertiary/aromatic N) is 3. The Morgan fingerprint density at radius 3 is 2.96 bits per heavy atom. The minimum absolute atomic E-state index is 0.0510. The van der Waals surface area contributed by atoms with Gasteiger partial charge in [0.05, 0.1) is 18.2 Å². The molecule has 1 unspecified atom stereocenters. The summed E-state index contributed by atoms with van der Waals surface area (Å²) in [6.45, 7) is 4.88. The third-order valence-electron chi connectivity index (χ3n) is 5.16. The van der Waals surface area contributed by atoms with Crippen molar-refractivity contribution in [2.45, 2.75) is 12.3 Å². The van der Waals surface area contributed by atoms with Crippen molar-refractivity contribution in [2.24, 2.45) is 0 Å². The van der Waals surface area contributed by atoms with E-state index in [1.165, 1.54) is 19.3 Å². The second kappa shape index (κ2) is 7.38. The number of methoxy groups -OCH3 is 1. The molecule has 6 heteroatoms. The Bertz CT molecular complexity index is 1070. The first kappa shape index (κ1) is 18.1. The number of halogens is 1. The van der Waals surface area contributed by atoms with Crippen molar-refractivity contribution >= 4 is 16.8 Å². The maximum absolute atomic E-state index is 14.4. The van der Waals surface area contributed by atoms with Crippen molar-refractivity contribution < 1.29 is 13.9 Å². The first-order valence-electron chi connectivity index (χ1n) is 9.10. The first-order chi connectivity index (χ1) is 13.6.